The molecule has 0 aliphatic heterocycles. The van der Waals surface area contributed by atoms with E-state index in [4.69, 9.17) is 4.74 Å². The quantitative estimate of drug-likeness (QED) is 0.535. The van der Waals surface area contributed by atoms with Crippen molar-refractivity contribution >= 4 is 11.8 Å². The Labute approximate surface area is 175 Å². The Balaban J connectivity index is 2.21. The molecule has 1 aromatic rings. The molecule has 0 heterocycles. The molecule has 4 atom stereocenters. The molecule has 4 heteroatoms. The summed E-state index contributed by atoms with van der Waals surface area (Å²) in [5, 5.41) is 9.66. The van der Waals surface area contributed by atoms with Gasteiger partial charge in [0.05, 0.1) is 6.07 Å². The first-order valence-corrected chi connectivity index (χ1v) is 10.8. The zero-order chi connectivity index (χ0) is 21.7. The third-order valence-electron chi connectivity index (χ3n) is 6.75. The van der Waals surface area contributed by atoms with Crippen LogP contribution in [0.1, 0.15) is 78.7 Å². The monoisotopic (exact) mass is 397 g/mol. The maximum Gasteiger partial charge on any atom is 0.326 e. The van der Waals surface area contributed by atoms with Crippen LogP contribution in [0.4, 0.5) is 0 Å². The molecule has 4 nitrogen and oxygen atoms in total. The highest BCUT2D eigenvalue weighted by Crippen LogP contribution is 2.44. The van der Waals surface area contributed by atoms with Gasteiger partial charge in [0.1, 0.15) is 11.9 Å². The summed E-state index contributed by atoms with van der Waals surface area (Å²) in [6.07, 6.45) is 3.54. The number of hydrogen-bond acceptors (Lipinski definition) is 4. The Morgan fingerprint density at radius 2 is 1.83 bits per heavy atom. The first kappa shape index (κ1) is 23.1. The number of esters is 1. The number of ketones is 1. The Bertz CT molecular complexity index is 749. The van der Waals surface area contributed by atoms with Crippen LogP contribution >= 0.6 is 0 Å². The van der Waals surface area contributed by atoms with E-state index in [0.717, 1.165) is 19.3 Å². The predicted octanol–water partition coefficient (Wildman–Crippen LogP) is 5.60. The van der Waals surface area contributed by atoms with E-state index in [-0.39, 0.29) is 36.1 Å². The minimum absolute atomic E-state index is 0.0636. The molecular formula is C25H35NO3. The van der Waals surface area contributed by atoms with Gasteiger partial charge in [-0.05, 0) is 43.1 Å². The fraction of sp³-hybridized carbons (Fsp3) is 0.640. The number of hydrogen-bond donors (Lipinski definition) is 0. The van der Waals surface area contributed by atoms with Crippen molar-refractivity contribution in [3.63, 3.8) is 0 Å². The average Bonchev–Trinajstić information content (AvgIpc) is 2.72. The van der Waals surface area contributed by atoms with Crippen LogP contribution in [0.5, 0.6) is 0 Å². The number of rotatable bonds is 8. The summed E-state index contributed by atoms with van der Waals surface area (Å²) in [4.78, 5) is 24.7. The standard InChI is InChI=1S/C25H35NO3/c1-6-20(27)14-15-25(5,17-26)23(28)29-22-16-18(2)12-13-21(22)24(3,4)19-10-8-7-9-11-19/h7-11,18,21-22H,6,12-16H2,1-5H3/t18-,21-,22-,25?/m1/s1. The van der Waals surface area contributed by atoms with Crippen LogP contribution in [0.2, 0.25) is 0 Å². The van der Waals surface area contributed by atoms with Crippen molar-refractivity contribution in [1.29, 1.82) is 5.26 Å². The highest BCUT2D eigenvalue weighted by atomic mass is 16.5. The lowest BCUT2D eigenvalue weighted by Crippen LogP contribution is -2.45. The third kappa shape index (κ3) is 5.47. The summed E-state index contributed by atoms with van der Waals surface area (Å²) in [5.74, 6) is 0.237. The molecule has 1 aliphatic carbocycles. The Kier molecular flexibility index (Phi) is 7.63. The maximum atomic E-state index is 13.0. The van der Waals surface area contributed by atoms with E-state index >= 15 is 0 Å². The molecule has 2 rings (SSSR count). The largest absolute Gasteiger partial charge is 0.461 e. The Hall–Kier alpha value is -2.15. The fourth-order valence-corrected chi connectivity index (χ4v) is 4.40. The van der Waals surface area contributed by atoms with Gasteiger partial charge in [0.2, 0.25) is 0 Å². The highest BCUT2D eigenvalue weighted by Gasteiger charge is 2.44. The number of benzene rings is 1. The van der Waals surface area contributed by atoms with Gasteiger partial charge in [0.15, 0.2) is 5.41 Å². The molecule has 0 N–H and O–H groups in total. The van der Waals surface area contributed by atoms with E-state index in [9.17, 15) is 14.9 Å². The van der Waals surface area contributed by atoms with Gasteiger partial charge in [-0.25, -0.2) is 0 Å². The lowest BCUT2D eigenvalue weighted by atomic mass is 9.64. The first-order chi connectivity index (χ1) is 13.6. The summed E-state index contributed by atoms with van der Waals surface area (Å²) in [5.41, 5.74) is -0.197. The van der Waals surface area contributed by atoms with Crippen molar-refractivity contribution in [2.45, 2.75) is 84.7 Å². The molecule has 1 saturated carbocycles. The van der Waals surface area contributed by atoms with Crippen molar-refractivity contribution in [2.75, 3.05) is 0 Å². The van der Waals surface area contributed by atoms with Crippen molar-refractivity contribution in [1.82, 2.24) is 0 Å². The number of nitriles is 1. The molecule has 158 valence electrons. The second kappa shape index (κ2) is 9.57. The zero-order valence-electron chi connectivity index (χ0n) is 18.5. The molecule has 0 bridgehead atoms. The first-order valence-electron chi connectivity index (χ1n) is 10.8. The highest BCUT2D eigenvalue weighted by molar-refractivity contribution is 5.82. The molecule has 29 heavy (non-hydrogen) atoms. The van der Waals surface area contributed by atoms with Crippen molar-refractivity contribution in [3.05, 3.63) is 35.9 Å². The Morgan fingerprint density at radius 3 is 2.41 bits per heavy atom. The number of carbonyl (C=O) groups is 2. The maximum absolute atomic E-state index is 13.0. The van der Waals surface area contributed by atoms with Gasteiger partial charge in [-0.3, -0.25) is 9.59 Å². The molecule has 1 fully saturated rings. The SMILES string of the molecule is CCC(=O)CCC(C)(C#N)C(=O)O[C@@H]1C[C@H](C)CC[C@H]1C(C)(C)c1ccccc1. The van der Waals surface area contributed by atoms with Crippen LogP contribution in [0.3, 0.4) is 0 Å². The smallest absolute Gasteiger partial charge is 0.326 e. The van der Waals surface area contributed by atoms with E-state index in [1.807, 2.05) is 18.2 Å². The normalized spacial score (nSPS) is 24.2. The van der Waals surface area contributed by atoms with E-state index in [2.05, 4.69) is 39.0 Å². The molecule has 0 aromatic heterocycles. The van der Waals surface area contributed by atoms with Gasteiger partial charge < -0.3 is 4.74 Å². The summed E-state index contributed by atoms with van der Waals surface area (Å²) in [6.45, 7) is 10.0. The van der Waals surface area contributed by atoms with Crippen LogP contribution in [0, 0.1) is 28.6 Å². The lowest BCUT2D eigenvalue weighted by Gasteiger charge is -2.44. The topological polar surface area (TPSA) is 67.2 Å². The lowest BCUT2D eigenvalue weighted by molar-refractivity contribution is -0.165. The second-order valence-corrected chi connectivity index (χ2v) is 9.39. The summed E-state index contributed by atoms with van der Waals surface area (Å²) < 4.78 is 6.03. The van der Waals surface area contributed by atoms with E-state index in [0.29, 0.717) is 12.3 Å². The van der Waals surface area contributed by atoms with Crippen molar-refractivity contribution in [3.8, 4) is 6.07 Å². The van der Waals surface area contributed by atoms with Gasteiger partial charge in [-0.15, -0.1) is 0 Å². The number of ether oxygens (including phenoxy) is 1. The fourth-order valence-electron chi connectivity index (χ4n) is 4.40. The van der Waals surface area contributed by atoms with Gasteiger partial charge in [0.25, 0.3) is 0 Å². The number of carbonyl (C=O) groups excluding carboxylic acids is 2. The summed E-state index contributed by atoms with van der Waals surface area (Å²) in [6, 6.07) is 12.5. The molecule has 0 amide bonds. The van der Waals surface area contributed by atoms with Crippen LogP contribution in [-0.2, 0) is 19.7 Å². The van der Waals surface area contributed by atoms with Crippen LogP contribution in [0.25, 0.3) is 0 Å². The number of nitrogens with zero attached hydrogens (tertiary/aromatic N) is 1. The zero-order valence-corrected chi connectivity index (χ0v) is 18.5. The summed E-state index contributed by atoms with van der Waals surface area (Å²) in [7, 11) is 0. The third-order valence-corrected chi connectivity index (χ3v) is 6.75. The van der Waals surface area contributed by atoms with E-state index in [1.54, 1.807) is 13.8 Å². The molecule has 1 aliphatic rings. The predicted molar refractivity (Wildman–Crippen MR) is 114 cm³/mol. The van der Waals surface area contributed by atoms with Crippen LogP contribution in [0.15, 0.2) is 30.3 Å². The van der Waals surface area contributed by atoms with Crippen LogP contribution < -0.4 is 0 Å². The molecule has 0 saturated heterocycles. The van der Waals surface area contributed by atoms with Crippen molar-refractivity contribution in [2.24, 2.45) is 17.3 Å². The van der Waals surface area contributed by atoms with E-state index < -0.39 is 11.4 Å². The number of Topliss-reactive ketones (excluding diaryl/α,β-unsaturated/α-hetero) is 1. The van der Waals surface area contributed by atoms with E-state index in [1.165, 1.54) is 5.56 Å². The molecule has 0 radical (unpaired) electrons. The van der Waals surface area contributed by atoms with Crippen molar-refractivity contribution < 1.29 is 14.3 Å². The minimum atomic E-state index is -1.28. The van der Waals surface area contributed by atoms with Gasteiger partial charge in [-0.2, -0.15) is 5.26 Å². The van der Waals surface area contributed by atoms with Crippen LogP contribution in [-0.4, -0.2) is 17.9 Å². The van der Waals surface area contributed by atoms with Gasteiger partial charge >= 0.3 is 5.97 Å². The second-order valence-electron chi connectivity index (χ2n) is 9.39. The average molecular weight is 398 g/mol. The Morgan fingerprint density at radius 1 is 1.17 bits per heavy atom. The molecular weight excluding hydrogens is 362 g/mol. The summed E-state index contributed by atoms with van der Waals surface area (Å²) >= 11 is 0. The molecule has 1 unspecified atom stereocenters. The molecule has 0 spiro atoms. The minimum Gasteiger partial charge on any atom is -0.461 e. The van der Waals surface area contributed by atoms with Gasteiger partial charge in [0, 0.05) is 18.8 Å². The van der Waals surface area contributed by atoms with Gasteiger partial charge in [-0.1, -0.05) is 64.4 Å². The molecule has 1 aromatic carbocycles.